The van der Waals surface area contributed by atoms with E-state index < -0.39 is 12.0 Å². The molecular weight excluding hydrogens is 704 g/mol. The molecular formula is C26H21I2N3O4S. The molecule has 0 amide bonds. The van der Waals surface area contributed by atoms with Gasteiger partial charge in [0.2, 0.25) is 0 Å². The maximum absolute atomic E-state index is 13.7. The fourth-order valence-corrected chi connectivity index (χ4v) is 7.09. The third-order valence-electron chi connectivity index (χ3n) is 5.51. The molecule has 0 aliphatic carbocycles. The van der Waals surface area contributed by atoms with Crippen molar-refractivity contribution in [3.8, 4) is 11.8 Å². The van der Waals surface area contributed by atoms with E-state index in [1.54, 1.807) is 18.4 Å². The Morgan fingerprint density at radius 2 is 1.89 bits per heavy atom. The second-order valence-corrected chi connectivity index (χ2v) is 11.3. The summed E-state index contributed by atoms with van der Waals surface area (Å²) in [5, 5.41) is 8.83. The number of halogens is 2. The van der Waals surface area contributed by atoms with Crippen molar-refractivity contribution in [2.45, 2.75) is 26.8 Å². The molecule has 10 heteroatoms. The minimum atomic E-state index is -0.634. The number of carbonyl (C=O) groups is 1. The number of benzene rings is 2. The van der Waals surface area contributed by atoms with Gasteiger partial charge in [-0.2, -0.15) is 5.26 Å². The summed E-state index contributed by atoms with van der Waals surface area (Å²) in [6.07, 6.45) is 1.82. The average molecular weight is 725 g/mol. The van der Waals surface area contributed by atoms with Crippen molar-refractivity contribution >= 4 is 68.6 Å². The Labute approximate surface area is 239 Å². The zero-order valence-corrected chi connectivity index (χ0v) is 24.8. The number of esters is 1. The Morgan fingerprint density at radius 1 is 1.22 bits per heavy atom. The van der Waals surface area contributed by atoms with Crippen molar-refractivity contribution < 1.29 is 14.3 Å². The van der Waals surface area contributed by atoms with Gasteiger partial charge in [0.25, 0.3) is 5.56 Å². The molecule has 0 unspecified atom stereocenters. The van der Waals surface area contributed by atoms with Gasteiger partial charge in [0.15, 0.2) is 11.4 Å². The van der Waals surface area contributed by atoms with Gasteiger partial charge in [0.05, 0.1) is 35.6 Å². The van der Waals surface area contributed by atoms with Crippen LogP contribution >= 0.6 is 56.5 Å². The predicted molar refractivity (Wildman–Crippen MR) is 155 cm³/mol. The predicted octanol–water partition coefficient (Wildman–Crippen LogP) is 4.22. The van der Waals surface area contributed by atoms with Gasteiger partial charge < -0.3 is 9.47 Å². The Kier molecular flexibility index (Phi) is 8.31. The van der Waals surface area contributed by atoms with Gasteiger partial charge in [0.1, 0.15) is 11.8 Å². The topological polar surface area (TPSA) is 93.7 Å². The number of thiazole rings is 1. The normalized spacial score (nSPS) is 15.2. The number of aryl methyl sites for hydroxylation is 1. The van der Waals surface area contributed by atoms with E-state index in [0.717, 1.165) is 23.8 Å². The van der Waals surface area contributed by atoms with Gasteiger partial charge in [-0.1, -0.05) is 41.2 Å². The number of carbonyl (C=O) groups excluding carboxylic acids is 1. The largest absolute Gasteiger partial charge is 0.477 e. The van der Waals surface area contributed by atoms with Crippen LogP contribution in [0.1, 0.15) is 36.6 Å². The molecule has 0 bridgehead atoms. The minimum absolute atomic E-state index is 0.0366. The van der Waals surface area contributed by atoms with Crippen LogP contribution in [0.3, 0.4) is 0 Å². The Bertz CT molecular complexity index is 1570. The quantitative estimate of drug-likeness (QED) is 0.281. The number of rotatable bonds is 6. The fourth-order valence-electron chi connectivity index (χ4n) is 3.91. The standard InChI is InChI=1S/C26H21I2N3O4S/c1-4-34-25(33)21-15(3)30-26-31(22(21)17-7-5-14(2)6-8-17)24(32)20(36-26)13-16-11-18(27)23(19(28)12-16)35-10-9-29/h5-8,11-13,22H,4,10H2,1-3H3/b20-13+/t22-/m1/s1. The summed E-state index contributed by atoms with van der Waals surface area (Å²) in [5.41, 5.74) is 3.39. The van der Waals surface area contributed by atoms with Crippen molar-refractivity contribution in [3.05, 3.63) is 91.2 Å². The molecule has 0 fully saturated rings. The molecule has 0 spiro atoms. The van der Waals surface area contributed by atoms with E-state index in [0.29, 0.717) is 26.4 Å². The van der Waals surface area contributed by atoms with E-state index in [-0.39, 0.29) is 18.8 Å². The Morgan fingerprint density at radius 3 is 2.50 bits per heavy atom. The zero-order valence-electron chi connectivity index (χ0n) is 19.7. The van der Waals surface area contributed by atoms with Crippen LogP contribution in [0, 0.1) is 25.4 Å². The summed E-state index contributed by atoms with van der Waals surface area (Å²) < 4.78 is 14.6. The summed E-state index contributed by atoms with van der Waals surface area (Å²) in [7, 11) is 0. The summed E-state index contributed by atoms with van der Waals surface area (Å²) in [4.78, 5) is 31.8. The third-order valence-corrected chi connectivity index (χ3v) is 8.10. The monoisotopic (exact) mass is 725 g/mol. The first-order chi connectivity index (χ1) is 17.2. The van der Waals surface area contributed by atoms with E-state index in [2.05, 4.69) is 50.2 Å². The van der Waals surface area contributed by atoms with E-state index in [9.17, 15) is 9.59 Å². The highest BCUT2D eigenvalue weighted by Gasteiger charge is 2.33. The van der Waals surface area contributed by atoms with Crippen LogP contribution in [0.25, 0.3) is 6.08 Å². The molecule has 36 heavy (non-hydrogen) atoms. The first kappa shape index (κ1) is 26.6. The van der Waals surface area contributed by atoms with E-state index in [1.807, 2.05) is 55.5 Å². The van der Waals surface area contributed by atoms with Crippen molar-refractivity contribution in [2.75, 3.05) is 13.2 Å². The number of ether oxygens (including phenoxy) is 2. The molecule has 1 aliphatic heterocycles. The lowest BCUT2D eigenvalue weighted by atomic mass is 9.95. The molecule has 0 radical (unpaired) electrons. The van der Waals surface area contributed by atoms with Gasteiger partial charge >= 0.3 is 5.97 Å². The first-order valence-corrected chi connectivity index (χ1v) is 14.0. The van der Waals surface area contributed by atoms with Crippen LogP contribution in [0.4, 0.5) is 0 Å². The maximum atomic E-state index is 13.7. The summed E-state index contributed by atoms with van der Waals surface area (Å²) >= 11 is 5.60. The lowest BCUT2D eigenvalue weighted by Crippen LogP contribution is -2.39. The number of nitriles is 1. The number of aromatic nitrogens is 1. The SMILES string of the molecule is CCOC(=O)C1=C(C)N=c2s/c(=C/c3cc(I)c(OCC#N)c(I)c3)c(=O)n2[C@@H]1c1ccc(C)cc1. The summed E-state index contributed by atoms with van der Waals surface area (Å²) in [5.74, 6) is 0.168. The molecule has 0 saturated heterocycles. The highest BCUT2D eigenvalue weighted by atomic mass is 127. The first-order valence-electron chi connectivity index (χ1n) is 11.0. The zero-order chi connectivity index (χ0) is 26.0. The molecule has 4 rings (SSSR count). The van der Waals surface area contributed by atoms with Gasteiger partial charge in [-0.15, -0.1) is 0 Å². The summed E-state index contributed by atoms with van der Waals surface area (Å²) in [6.45, 7) is 5.71. The highest BCUT2D eigenvalue weighted by molar-refractivity contribution is 14.1. The van der Waals surface area contributed by atoms with Crippen molar-refractivity contribution in [3.63, 3.8) is 0 Å². The molecule has 0 saturated carbocycles. The second-order valence-electron chi connectivity index (χ2n) is 7.97. The average Bonchev–Trinajstić information content (AvgIpc) is 3.12. The van der Waals surface area contributed by atoms with Crippen molar-refractivity contribution in [2.24, 2.45) is 4.99 Å². The van der Waals surface area contributed by atoms with Crippen LogP contribution < -0.4 is 19.6 Å². The second kappa shape index (κ2) is 11.3. The van der Waals surface area contributed by atoms with Crippen LogP contribution in [-0.4, -0.2) is 23.8 Å². The van der Waals surface area contributed by atoms with E-state index >= 15 is 0 Å². The van der Waals surface area contributed by atoms with Gasteiger partial charge in [-0.25, -0.2) is 9.79 Å². The van der Waals surface area contributed by atoms with Crippen LogP contribution in [0.5, 0.6) is 5.75 Å². The molecule has 0 N–H and O–H groups in total. The van der Waals surface area contributed by atoms with Crippen LogP contribution in [-0.2, 0) is 9.53 Å². The van der Waals surface area contributed by atoms with Gasteiger partial charge in [-0.05, 0) is 95.3 Å². The highest BCUT2D eigenvalue weighted by Crippen LogP contribution is 2.31. The Hall–Kier alpha value is -2.50. The minimum Gasteiger partial charge on any atom is -0.477 e. The number of hydrogen-bond donors (Lipinski definition) is 0. The molecule has 2 aromatic carbocycles. The maximum Gasteiger partial charge on any atom is 0.338 e. The van der Waals surface area contributed by atoms with E-state index in [1.165, 1.54) is 11.3 Å². The van der Waals surface area contributed by atoms with Crippen molar-refractivity contribution in [1.29, 1.82) is 5.26 Å². The lowest BCUT2D eigenvalue weighted by Gasteiger charge is -2.24. The van der Waals surface area contributed by atoms with Crippen LogP contribution in [0.15, 0.2) is 57.5 Å². The number of hydrogen-bond acceptors (Lipinski definition) is 7. The lowest BCUT2D eigenvalue weighted by molar-refractivity contribution is -0.139. The number of allylic oxidation sites excluding steroid dienone is 1. The molecule has 2 heterocycles. The molecule has 184 valence electrons. The van der Waals surface area contributed by atoms with Gasteiger partial charge in [0, 0.05) is 0 Å². The van der Waals surface area contributed by atoms with Crippen LogP contribution in [0.2, 0.25) is 0 Å². The number of nitrogens with zero attached hydrogens (tertiary/aromatic N) is 3. The molecule has 1 atom stereocenters. The van der Waals surface area contributed by atoms with Crippen molar-refractivity contribution in [1.82, 2.24) is 4.57 Å². The molecule has 3 aromatic rings. The fraction of sp³-hybridized carbons (Fsp3) is 0.231. The third kappa shape index (κ3) is 5.28. The van der Waals surface area contributed by atoms with Gasteiger partial charge in [-0.3, -0.25) is 9.36 Å². The molecule has 1 aromatic heterocycles. The molecule has 1 aliphatic rings. The summed E-state index contributed by atoms with van der Waals surface area (Å²) in [6, 6.07) is 12.9. The molecule has 7 nitrogen and oxygen atoms in total. The van der Waals surface area contributed by atoms with E-state index in [4.69, 9.17) is 14.7 Å². The Balaban J connectivity index is 1.89. The smallest absolute Gasteiger partial charge is 0.338 e. The number of fused-ring (bicyclic) bond motifs is 1.